The van der Waals surface area contributed by atoms with Gasteiger partial charge in [0.2, 0.25) is 0 Å². The molecular weight excluding hydrogens is 533 g/mol. The van der Waals surface area contributed by atoms with Crippen LogP contribution in [0.3, 0.4) is 0 Å². The minimum absolute atomic E-state index is 0.119. The molecule has 0 saturated heterocycles. The van der Waals surface area contributed by atoms with Gasteiger partial charge in [-0.05, 0) is 61.6 Å². The van der Waals surface area contributed by atoms with Crippen molar-refractivity contribution in [2.24, 2.45) is 0 Å². The molecular formula is C24H24ClF3N4O6. The van der Waals surface area contributed by atoms with Crippen LogP contribution in [0, 0.1) is 10.1 Å². The highest BCUT2D eigenvalue weighted by Gasteiger charge is 2.38. The van der Waals surface area contributed by atoms with Crippen molar-refractivity contribution in [3.63, 3.8) is 0 Å². The van der Waals surface area contributed by atoms with Crippen LogP contribution >= 0.6 is 11.6 Å². The van der Waals surface area contributed by atoms with Crippen molar-refractivity contribution in [1.29, 1.82) is 0 Å². The highest BCUT2D eigenvalue weighted by atomic mass is 35.5. The minimum Gasteiger partial charge on any atom is -0.488 e. The zero-order valence-corrected chi connectivity index (χ0v) is 20.6. The first-order valence-electron chi connectivity index (χ1n) is 11.8. The first-order chi connectivity index (χ1) is 18.0. The summed E-state index contributed by atoms with van der Waals surface area (Å²) in [6.07, 6.45) is -3.08. The number of benzene rings is 2. The number of hydrogen-bond acceptors (Lipinski definition) is 7. The number of nitro benzene ring substituents is 1. The van der Waals surface area contributed by atoms with Gasteiger partial charge in [-0.15, -0.1) is 0 Å². The number of fused-ring (bicyclic) bond motifs is 1. The molecule has 2 aliphatic rings. The van der Waals surface area contributed by atoms with E-state index in [-0.39, 0.29) is 30.5 Å². The van der Waals surface area contributed by atoms with Crippen molar-refractivity contribution < 1.29 is 37.3 Å². The topological polar surface area (TPSA) is 132 Å². The Bertz CT molecular complexity index is 1220. The van der Waals surface area contributed by atoms with Gasteiger partial charge in [0.25, 0.3) is 5.69 Å². The maximum absolute atomic E-state index is 13.2. The summed E-state index contributed by atoms with van der Waals surface area (Å²) in [5.74, 6) is -1.16. The number of carbonyl (C=O) groups is 2. The van der Waals surface area contributed by atoms with Gasteiger partial charge in [0.15, 0.2) is 0 Å². The number of ether oxygens (including phenoxy) is 1. The average Bonchev–Trinajstić information content (AvgIpc) is 3.28. The lowest BCUT2D eigenvalue weighted by atomic mass is 9.93. The first-order valence-corrected chi connectivity index (χ1v) is 12.2. The number of nitro groups is 1. The van der Waals surface area contributed by atoms with Crippen LogP contribution < -0.4 is 20.9 Å². The highest BCUT2D eigenvalue weighted by Crippen LogP contribution is 2.38. The molecule has 2 aromatic carbocycles. The van der Waals surface area contributed by atoms with Crippen molar-refractivity contribution in [3.8, 4) is 5.75 Å². The van der Waals surface area contributed by atoms with E-state index in [0.29, 0.717) is 42.9 Å². The number of nitrogens with zero attached hydrogens (tertiary/aromatic N) is 1. The van der Waals surface area contributed by atoms with E-state index >= 15 is 0 Å². The predicted octanol–water partition coefficient (Wildman–Crippen LogP) is 4.16. The van der Waals surface area contributed by atoms with Crippen molar-refractivity contribution >= 4 is 34.8 Å². The summed E-state index contributed by atoms with van der Waals surface area (Å²) in [7, 11) is 0. The van der Waals surface area contributed by atoms with E-state index in [2.05, 4.69) is 16.1 Å². The zero-order valence-electron chi connectivity index (χ0n) is 19.8. The van der Waals surface area contributed by atoms with Crippen LogP contribution in [0.25, 0.3) is 0 Å². The summed E-state index contributed by atoms with van der Waals surface area (Å²) < 4.78 is 45.3. The standard InChI is InChI=1S/C24H24ClF3N4O6/c25-14-1-8-21-13(9-14)10-18(37-21)12-29-22(33)23(34)31-38-17-5-2-15(3-6-17)30-16-4-7-20(32(35)36)19(11-16)24(26,27)28/h1,4,7-9,11,15,17-18,30H,2-3,5-6,10,12H2,(H,29,33)(H,31,34)/t15-,17-,18?. The summed E-state index contributed by atoms with van der Waals surface area (Å²) in [5.41, 5.74) is 0.851. The fourth-order valence-electron chi connectivity index (χ4n) is 4.45. The molecule has 1 unspecified atom stereocenters. The summed E-state index contributed by atoms with van der Waals surface area (Å²) >= 11 is 5.97. The minimum atomic E-state index is -4.86. The predicted molar refractivity (Wildman–Crippen MR) is 130 cm³/mol. The molecule has 204 valence electrons. The smallest absolute Gasteiger partial charge is 0.423 e. The van der Waals surface area contributed by atoms with E-state index in [1.54, 1.807) is 18.2 Å². The number of halogens is 4. The second-order valence-electron chi connectivity index (χ2n) is 9.06. The summed E-state index contributed by atoms with van der Waals surface area (Å²) in [6.45, 7) is 0.119. The zero-order chi connectivity index (χ0) is 27.4. The molecule has 0 aromatic heterocycles. The Hall–Kier alpha value is -3.58. The fraction of sp³-hybridized carbons (Fsp3) is 0.417. The van der Waals surface area contributed by atoms with Gasteiger partial charge in [0.05, 0.1) is 17.6 Å². The van der Waals surface area contributed by atoms with Gasteiger partial charge in [-0.1, -0.05) is 11.6 Å². The van der Waals surface area contributed by atoms with Crippen molar-refractivity contribution in [2.75, 3.05) is 11.9 Å². The molecule has 1 aliphatic carbocycles. The molecule has 4 rings (SSSR count). The lowest BCUT2D eigenvalue weighted by molar-refractivity contribution is -0.388. The van der Waals surface area contributed by atoms with Gasteiger partial charge in [0, 0.05) is 29.2 Å². The lowest BCUT2D eigenvalue weighted by Gasteiger charge is -2.29. The van der Waals surface area contributed by atoms with Crippen LogP contribution in [0.4, 0.5) is 24.5 Å². The molecule has 1 heterocycles. The van der Waals surface area contributed by atoms with Crippen molar-refractivity contribution in [2.45, 2.75) is 56.5 Å². The first kappa shape index (κ1) is 27.5. The van der Waals surface area contributed by atoms with Gasteiger partial charge in [-0.25, -0.2) is 5.48 Å². The Labute approximate surface area is 219 Å². The van der Waals surface area contributed by atoms with E-state index in [1.165, 1.54) is 6.07 Å². The Morgan fingerprint density at radius 1 is 1.11 bits per heavy atom. The quantitative estimate of drug-likeness (QED) is 0.265. The van der Waals surface area contributed by atoms with E-state index in [1.807, 2.05) is 0 Å². The van der Waals surface area contributed by atoms with E-state index in [4.69, 9.17) is 21.2 Å². The van der Waals surface area contributed by atoms with Crippen LogP contribution in [0.1, 0.15) is 36.8 Å². The molecule has 3 N–H and O–H groups in total. The number of alkyl halides is 3. The molecule has 1 aliphatic heterocycles. The van der Waals surface area contributed by atoms with Crippen LogP contribution in [-0.2, 0) is 27.0 Å². The number of anilines is 1. The molecule has 0 radical (unpaired) electrons. The summed E-state index contributed by atoms with van der Waals surface area (Å²) in [4.78, 5) is 39.4. The number of hydrogen-bond donors (Lipinski definition) is 3. The van der Waals surface area contributed by atoms with Crippen molar-refractivity contribution in [3.05, 3.63) is 62.7 Å². The molecule has 0 bridgehead atoms. The lowest BCUT2D eigenvalue weighted by Crippen LogP contribution is -2.45. The van der Waals surface area contributed by atoms with Crippen LogP contribution in [-0.4, -0.2) is 41.5 Å². The molecule has 14 heteroatoms. The maximum atomic E-state index is 13.2. The van der Waals surface area contributed by atoms with E-state index in [0.717, 1.165) is 17.7 Å². The number of amides is 2. The second-order valence-corrected chi connectivity index (χ2v) is 9.50. The molecule has 2 amide bonds. The van der Waals surface area contributed by atoms with E-state index in [9.17, 15) is 32.9 Å². The molecule has 1 atom stereocenters. The fourth-order valence-corrected chi connectivity index (χ4v) is 4.64. The van der Waals surface area contributed by atoms with Crippen molar-refractivity contribution in [1.82, 2.24) is 10.8 Å². The largest absolute Gasteiger partial charge is 0.488 e. The average molecular weight is 557 g/mol. The van der Waals surface area contributed by atoms with Gasteiger partial charge < -0.3 is 15.4 Å². The number of rotatable bonds is 7. The third-order valence-electron chi connectivity index (χ3n) is 6.32. The Kier molecular flexibility index (Phi) is 8.26. The van der Waals surface area contributed by atoms with Crippen LogP contribution in [0.2, 0.25) is 5.02 Å². The molecule has 1 fully saturated rings. The SMILES string of the molecule is O=C(NCC1Cc2cc(Cl)ccc2O1)C(=O)NO[C@H]1CC[C@H](Nc2ccc([N+](=O)[O-])c(C(F)(F)F)c2)CC1. The number of carbonyl (C=O) groups excluding carboxylic acids is 2. The molecule has 2 aromatic rings. The Morgan fingerprint density at radius 3 is 2.53 bits per heavy atom. The van der Waals surface area contributed by atoms with Gasteiger partial charge in [0.1, 0.15) is 17.4 Å². The maximum Gasteiger partial charge on any atom is 0.423 e. The molecule has 10 nitrogen and oxygen atoms in total. The van der Waals surface area contributed by atoms with Gasteiger partial charge in [-0.3, -0.25) is 24.5 Å². The Balaban J connectivity index is 1.18. The highest BCUT2D eigenvalue weighted by molar-refractivity contribution is 6.34. The van der Waals surface area contributed by atoms with E-state index < -0.39 is 34.2 Å². The normalized spacial score (nSPS) is 20.7. The second kappa shape index (κ2) is 11.4. The molecule has 38 heavy (non-hydrogen) atoms. The number of nitrogens with one attached hydrogen (secondary N) is 3. The molecule has 1 saturated carbocycles. The summed E-state index contributed by atoms with van der Waals surface area (Å²) in [6, 6.07) is 7.83. The Morgan fingerprint density at radius 2 is 1.84 bits per heavy atom. The van der Waals surface area contributed by atoms with Crippen LogP contribution in [0.5, 0.6) is 5.75 Å². The molecule has 0 spiro atoms. The number of hydroxylamine groups is 1. The third kappa shape index (κ3) is 6.84. The van der Waals surface area contributed by atoms with Crippen LogP contribution in [0.15, 0.2) is 36.4 Å². The monoisotopic (exact) mass is 556 g/mol. The van der Waals surface area contributed by atoms with Gasteiger partial charge in [-0.2, -0.15) is 13.2 Å². The summed E-state index contributed by atoms with van der Waals surface area (Å²) in [5, 5.41) is 17.0. The third-order valence-corrected chi connectivity index (χ3v) is 6.56. The van der Waals surface area contributed by atoms with Gasteiger partial charge >= 0.3 is 18.0 Å².